The van der Waals surface area contributed by atoms with E-state index in [9.17, 15) is 4.79 Å². The highest BCUT2D eigenvalue weighted by atomic mass is 16.1. The highest BCUT2D eigenvalue weighted by Crippen LogP contribution is 1.95. The smallest absolute Gasteiger partial charge is 0.234 e. The van der Waals surface area contributed by atoms with Gasteiger partial charge in [0, 0.05) is 6.20 Å². The Bertz CT molecular complexity index is 325. The maximum Gasteiger partial charge on any atom is 0.234 e. The molecule has 1 rings (SSSR count). The Morgan fingerprint density at radius 1 is 1.41 bits per heavy atom. The van der Waals surface area contributed by atoms with Gasteiger partial charge in [-0.15, -0.1) is 0 Å². The fraction of sp³-hybridized carbons (Fsp3) is 0.538. The van der Waals surface area contributed by atoms with E-state index >= 15 is 0 Å². The van der Waals surface area contributed by atoms with Crippen LogP contribution in [0, 0.1) is 5.92 Å². The largest absolute Gasteiger partial charge is 0.349 e. The standard InChI is InChI=1S/C13H21N3O/c1-11(2)6-8-14-10-13(17)16-9-12-5-3-4-7-15-12/h3-5,7,11,14H,6,8-10H2,1-2H3,(H,16,17). The van der Waals surface area contributed by atoms with Gasteiger partial charge in [-0.25, -0.2) is 0 Å². The van der Waals surface area contributed by atoms with E-state index in [0.717, 1.165) is 18.7 Å². The summed E-state index contributed by atoms with van der Waals surface area (Å²) < 4.78 is 0. The second kappa shape index (κ2) is 7.79. The van der Waals surface area contributed by atoms with Gasteiger partial charge in [0.2, 0.25) is 5.91 Å². The molecule has 2 N–H and O–H groups in total. The minimum atomic E-state index is 0.0133. The monoisotopic (exact) mass is 235 g/mol. The van der Waals surface area contributed by atoms with Crippen molar-refractivity contribution in [1.82, 2.24) is 15.6 Å². The molecule has 4 nitrogen and oxygen atoms in total. The van der Waals surface area contributed by atoms with Gasteiger partial charge in [-0.1, -0.05) is 19.9 Å². The molecule has 94 valence electrons. The molecule has 0 unspecified atom stereocenters. The van der Waals surface area contributed by atoms with Crippen molar-refractivity contribution in [2.45, 2.75) is 26.8 Å². The molecule has 0 atom stereocenters. The van der Waals surface area contributed by atoms with Gasteiger partial charge in [0.25, 0.3) is 0 Å². The molecule has 1 aromatic heterocycles. The first-order chi connectivity index (χ1) is 8.18. The molecule has 1 aromatic rings. The van der Waals surface area contributed by atoms with Crippen molar-refractivity contribution < 1.29 is 4.79 Å². The van der Waals surface area contributed by atoms with E-state index < -0.39 is 0 Å². The number of nitrogens with zero attached hydrogens (tertiary/aromatic N) is 1. The summed E-state index contributed by atoms with van der Waals surface area (Å²) in [4.78, 5) is 15.6. The van der Waals surface area contributed by atoms with Crippen LogP contribution in [0.4, 0.5) is 0 Å². The molecule has 0 aliphatic carbocycles. The van der Waals surface area contributed by atoms with E-state index in [4.69, 9.17) is 0 Å². The number of aromatic nitrogens is 1. The summed E-state index contributed by atoms with van der Waals surface area (Å²) in [7, 11) is 0. The van der Waals surface area contributed by atoms with Gasteiger partial charge in [0.05, 0.1) is 18.8 Å². The summed E-state index contributed by atoms with van der Waals surface area (Å²) in [6, 6.07) is 5.67. The van der Waals surface area contributed by atoms with E-state index in [1.54, 1.807) is 6.20 Å². The van der Waals surface area contributed by atoms with Crippen molar-refractivity contribution in [2.75, 3.05) is 13.1 Å². The zero-order valence-corrected chi connectivity index (χ0v) is 10.6. The van der Waals surface area contributed by atoms with Crippen molar-refractivity contribution in [3.8, 4) is 0 Å². The van der Waals surface area contributed by atoms with Gasteiger partial charge < -0.3 is 10.6 Å². The average Bonchev–Trinajstić information content (AvgIpc) is 2.33. The molecule has 0 saturated carbocycles. The Balaban J connectivity index is 2.09. The third-order valence-electron chi connectivity index (χ3n) is 2.38. The molecule has 0 aliphatic rings. The van der Waals surface area contributed by atoms with Crippen molar-refractivity contribution in [2.24, 2.45) is 5.92 Å². The summed E-state index contributed by atoms with van der Waals surface area (Å²) in [6.07, 6.45) is 2.82. The molecule has 0 bridgehead atoms. The van der Waals surface area contributed by atoms with Gasteiger partial charge in [-0.05, 0) is 31.0 Å². The zero-order valence-electron chi connectivity index (χ0n) is 10.6. The topological polar surface area (TPSA) is 54.0 Å². The molecule has 1 heterocycles. The molecule has 0 aliphatic heterocycles. The molecule has 4 heteroatoms. The van der Waals surface area contributed by atoms with Crippen molar-refractivity contribution in [1.29, 1.82) is 0 Å². The normalized spacial score (nSPS) is 10.5. The Morgan fingerprint density at radius 3 is 2.88 bits per heavy atom. The van der Waals surface area contributed by atoms with Crippen LogP contribution in [-0.2, 0) is 11.3 Å². The average molecular weight is 235 g/mol. The third kappa shape index (κ3) is 6.68. The zero-order chi connectivity index (χ0) is 12.5. The summed E-state index contributed by atoms with van der Waals surface area (Å²) in [5, 5.41) is 5.94. The first-order valence-corrected chi connectivity index (χ1v) is 6.06. The molecule has 0 radical (unpaired) electrons. The summed E-state index contributed by atoms with van der Waals surface area (Å²) in [6.45, 7) is 6.09. The predicted molar refractivity (Wildman–Crippen MR) is 68.4 cm³/mol. The molecule has 0 saturated heterocycles. The number of rotatable bonds is 7. The molecule has 0 spiro atoms. The Morgan fingerprint density at radius 2 is 2.24 bits per heavy atom. The van der Waals surface area contributed by atoms with Crippen molar-refractivity contribution in [3.63, 3.8) is 0 Å². The lowest BCUT2D eigenvalue weighted by Crippen LogP contribution is -2.34. The quantitative estimate of drug-likeness (QED) is 0.701. The minimum Gasteiger partial charge on any atom is -0.349 e. The fourth-order valence-corrected chi connectivity index (χ4v) is 1.35. The van der Waals surface area contributed by atoms with Gasteiger partial charge in [0.1, 0.15) is 0 Å². The minimum absolute atomic E-state index is 0.0133. The maximum atomic E-state index is 11.5. The number of hydrogen-bond acceptors (Lipinski definition) is 3. The second-order valence-corrected chi connectivity index (χ2v) is 4.46. The van der Waals surface area contributed by atoms with E-state index in [1.807, 2.05) is 18.2 Å². The molecular formula is C13H21N3O. The first-order valence-electron chi connectivity index (χ1n) is 6.06. The van der Waals surface area contributed by atoms with Crippen LogP contribution < -0.4 is 10.6 Å². The molecule has 17 heavy (non-hydrogen) atoms. The molecule has 1 amide bonds. The fourth-order valence-electron chi connectivity index (χ4n) is 1.35. The van der Waals surface area contributed by atoms with Crippen LogP contribution in [0.5, 0.6) is 0 Å². The number of pyridine rings is 1. The Hall–Kier alpha value is -1.42. The van der Waals surface area contributed by atoms with Crippen LogP contribution in [-0.4, -0.2) is 24.0 Å². The van der Waals surface area contributed by atoms with Crippen LogP contribution >= 0.6 is 0 Å². The molecule has 0 fully saturated rings. The number of amides is 1. The number of carbonyl (C=O) groups excluding carboxylic acids is 1. The lowest BCUT2D eigenvalue weighted by molar-refractivity contribution is -0.120. The van der Waals surface area contributed by atoms with E-state index in [1.165, 1.54) is 0 Å². The van der Waals surface area contributed by atoms with Crippen LogP contribution in [0.15, 0.2) is 24.4 Å². The summed E-state index contributed by atoms with van der Waals surface area (Å²) in [5.74, 6) is 0.679. The Labute approximate surface area is 103 Å². The van der Waals surface area contributed by atoms with Gasteiger partial charge in [0.15, 0.2) is 0 Å². The van der Waals surface area contributed by atoms with Gasteiger partial charge >= 0.3 is 0 Å². The number of hydrogen-bond donors (Lipinski definition) is 2. The molecule has 0 aromatic carbocycles. The summed E-state index contributed by atoms with van der Waals surface area (Å²) in [5.41, 5.74) is 0.878. The number of carbonyl (C=O) groups is 1. The lowest BCUT2D eigenvalue weighted by atomic mass is 10.1. The molecular weight excluding hydrogens is 214 g/mol. The Kier molecular flexibility index (Phi) is 6.25. The maximum absolute atomic E-state index is 11.5. The first kappa shape index (κ1) is 13.6. The van der Waals surface area contributed by atoms with Crippen LogP contribution in [0.1, 0.15) is 26.0 Å². The SMILES string of the molecule is CC(C)CCNCC(=O)NCc1ccccn1. The summed E-state index contributed by atoms with van der Waals surface area (Å²) >= 11 is 0. The lowest BCUT2D eigenvalue weighted by Gasteiger charge is -2.07. The van der Waals surface area contributed by atoms with Crippen LogP contribution in [0.25, 0.3) is 0 Å². The van der Waals surface area contributed by atoms with Gasteiger partial charge in [-0.2, -0.15) is 0 Å². The van der Waals surface area contributed by atoms with Crippen molar-refractivity contribution in [3.05, 3.63) is 30.1 Å². The van der Waals surface area contributed by atoms with Gasteiger partial charge in [-0.3, -0.25) is 9.78 Å². The van der Waals surface area contributed by atoms with E-state index in [-0.39, 0.29) is 5.91 Å². The van der Waals surface area contributed by atoms with Crippen molar-refractivity contribution >= 4 is 5.91 Å². The third-order valence-corrected chi connectivity index (χ3v) is 2.38. The number of nitrogens with one attached hydrogen (secondary N) is 2. The highest BCUT2D eigenvalue weighted by molar-refractivity contribution is 5.77. The highest BCUT2D eigenvalue weighted by Gasteiger charge is 2.01. The van der Waals surface area contributed by atoms with Crippen LogP contribution in [0.2, 0.25) is 0 Å². The van der Waals surface area contributed by atoms with E-state index in [2.05, 4.69) is 29.5 Å². The van der Waals surface area contributed by atoms with E-state index in [0.29, 0.717) is 19.0 Å². The van der Waals surface area contributed by atoms with Crippen LogP contribution in [0.3, 0.4) is 0 Å². The predicted octanol–water partition coefficient (Wildman–Crippen LogP) is 1.33. The second-order valence-electron chi connectivity index (χ2n) is 4.46.